The summed E-state index contributed by atoms with van der Waals surface area (Å²) in [6, 6.07) is 11.5. The summed E-state index contributed by atoms with van der Waals surface area (Å²) < 4.78 is 0. The highest BCUT2D eigenvalue weighted by Crippen LogP contribution is 2.33. The first-order valence-electron chi connectivity index (χ1n) is 10.6. The first-order valence-corrected chi connectivity index (χ1v) is 12.3. The van der Waals surface area contributed by atoms with Gasteiger partial charge in [-0.1, -0.05) is 24.3 Å². The quantitative estimate of drug-likeness (QED) is 0.558. The van der Waals surface area contributed by atoms with Crippen LogP contribution in [0.1, 0.15) is 39.3 Å². The number of carbonyl (C=O) groups is 3. The Morgan fingerprint density at radius 2 is 1.97 bits per heavy atom. The molecule has 0 bridgehead atoms. The Morgan fingerprint density at radius 3 is 2.81 bits per heavy atom. The van der Waals surface area contributed by atoms with Crippen LogP contribution in [-0.4, -0.2) is 40.0 Å². The van der Waals surface area contributed by atoms with Crippen LogP contribution in [0.25, 0.3) is 17.0 Å². The molecular formula is C24H21N3O3S2. The number of pyridine rings is 1. The fraction of sp³-hybridized carbons (Fsp3) is 0.250. The Kier molecular flexibility index (Phi) is 5.80. The molecule has 0 spiro atoms. The molecular weight excluding hydrogens is 442 g/mol. The van der Waals surface area contributed by atoms with Crippen molar-refractivity contribution < 1.29 is 14.4 Å². The molecule has 2 aromatic heterocycles. The molecule has 5 rings (SSSR count). The fourth-order valence-electron chi connectivity index (χ4n) is 4.20. The number of rotatable bonds is 5. The van der Waals surface area contributed by atoms with Gasteiger partial charge < -0.3 is 5.32 Å². The SMILES string of the molecule is O=C(NCCN1C(=O)SC(=Cc2cccs2)C1=O)c1c2c(nc3ccccc13)CCCC2. The molecule has 2 aliphatic rings. The molecule has 1 aliphatic carbocycles. The minimum atomic E-state index is -0.311. The number of amides is 3. The van der Waals surface area contributed by atoms with Crippen molar-refractivity contribution in [1.29, 1.82) is 0 Å². The first kappa shape index (κ1) is 20.9. The van der Waals surface area contributed by atoms with Gasteiger partial charge >= 0.3 is 0 Å². The van der Waals surface area contributed by atoms with Crippen molar-refractivity contribution in [3.8, 4) is 0 Å². The average Bonchev–Trinajstić information content (AvgIpc) is 3.41. The van der Waals surface area contributed by atoms with Crippen molar-refractivity contribution in [3.05, 3.63) is 68.4 Å². The predicted molar refractivity (Wildman–Crippen MR) is 128 cm³/mol. The predicted octanol–water partition coefficient (Wildman–Crippen LogP) is 4.64. The maximum Gasteiger partial charge on any atom is 0.293 e. The van der Waals surface area contributed by atoms with Crippen molar-refractivity contribution in [1.82, 2.24) is 15.2 Å². The van der Waals surface area contributed by atoms with Crippen molar-refractivity contribution in [3.63, 3.8) is 0 Å². The third-order valence-corrected chi connectivity index (χ3v) is 7.43. The lowest BCUT2D eigenvalue weighted by Gasteiger charge is -2.20. The Balaban J connectivity index is 1.31. The largest absolute Gasteiger partial charge is 0.350 e. The summed E-state index contributed by atoms with van der Waals surface area (Å²) in [4.78, 5) is 45.5. The van der Waals surface area contributed by atoms with Gasteiger partial charge in [0.05, 0.1) is 16.0 Å². The number of carbonyl (C=O) groups excluding carboxylic acids is 3. The second kappa shape index (κ2) is 8.88. The summed E-state index contributed by atoms with van der Waals surface area (Å²) >= 11 is 2.45. The average molecular weight is 464 g/mol. The summed E-state index contributed by atoms with van der Waals surface area (Å²) in [5, 5.41) is 5.39. The summed E-state index contributed by atoms with van der Waals surface area (Å²) in [5.41, 5.74) is 3.53. The van der Waals surface area contributed by atoms with Gasteiger partial charge in [-0.15, -0.1) is 11.3 Å². The highest BCUT2D eigenvalue weighted by molar-refractivity contribution is 8.18. The molecule has 32 heavy (non-hydrogen) atoms. The van der Waals surface area contributed by atoms with E-state index < -0.39 is 0 Å². The van der Waals surface area contributed by atoms with E-state index in [4.69, 9.17) is 4.98 Å². The molecule has 8 heteroatoms. The van der Waals surface area contributed by atoms with Gasteiger partial charge in [0.15, 0.2) is 0 Å². The normalized spacial score (nSPS) is 17.2. The topological polar surface area (TPSA) is 79.4 Å². The van der Waals surface area contributed by atoms with E-state index in [2.05, 4.69) is 5.32 Å². The van der Waals surface area contributed by atoms with E-state index in [-0.39, 0.29) is 30.1 Å². The van der Waals surface area contributed by atoms with Crippen LogP contribution < -0.4 is 5.32 Å². The van der Waals surface area contributed by atoms with Crippen LogP contribution in [0.4, 0.5) is 4.79 Å². The smallest absolute Gasteiger partial charge is 0.293 e. The van der Waals surface area contributed by atoms with Crippen LogP contribution in [-0.2, 0) is 17.6 Å². The molecule has 1 fully saturated rings. The standard InChI is InChI=1S/C24H21N3O3S2/c28-22(21-16-7-1-3-9-18(16)26-19-10-4-2-8-17(19)21)25-11-12-27-23(29)20(32-24(27)30)14-15-6-5-13-31-15/h1,3,5-7,9,13-14H,2,4,8,10-12H2,(H,25,28). The molecule has 0 unspecified atom stereocenters. The van der Waals surface area contributed by atoms with Gasteiger partial charge in [-0.2, -0.15) is 0 Å². The third-order valence-electron chi connectivity index (χ3n) is 5.71. The number of para-hydroxylation sites is 1. The monoisotopic (exact) mass is 463 g/mol. The number of aryl methyl sites for hydroxylation is 1. The van der Waals surface area contributed by atoms with Crippen LogP contribution in [0.15, 0.2) is 46.7 Å². The Labute approximate surface area is 193 Å². The number of nitrogens with zero attached hydrogens (tertiary/aromatic N) is 2. The third kappa shape index (κ3) is 3.96. The number of thioether (sulfide) groups is 1. The van der Waals surface area contributed by atoms with E-state index in [9.17, 15) is 14.4 Å². The Morgan fingerprint density at radius 1 is 1.12 bits per heavy atom. The summed E-state index contributed by atoms with van der Waals surface area (Å²) in [6.07, 6.45) is 5.59. The number of hydrogen-bond acceptors (Lipinski definition) is 6. The molecule has 3 aromatic rings. The number of nitrogens with one attached hydrogen (secondary N) is 1. The maximum absolute atomic E-state index is 13.2. The van der Waals surface area contributed by atoms with Crippen LogP contribution >= 0.6 is 23.1 Å². The number of hydrogen-bond donors (Lipinski definition) is 1. The van der Waals surface area contributed by atoms with Crippen LogP contribution in [0.2, 0.25) is 0 Å². The van der Waals surface area contributed by atoms with Gasteiger partial charge in [-0.25, -0.2) is 0 Å². The number of fused-ring (bicyclic) bond motifs is 2. The van der Waals surface area contributed by atoms with Crippen LogP contribution in [0, 0.1) is 0 Å². The second-order valence-electron chi connectivity index (χ2n) is 7.74. The van der Waals surface area contributed by atoms with E-state index in [1.165, 1.54) is 16.2 Å². The minimum absolute atomic E-state index is 0.142. The van der Waals surface area contributed by atoms with Crippen molar-refractivity contribution in [2.24, 2.45) is 0 Å². The molecule has 6 nitrogen and oxygen atoms in total. The molecule has 0 saturated carbocycles. The molecule has 3 amide bonds. The van der Waals surface area contributed by atoms with Gasteiger partial charge in [0.25, 0.3) is 17.1 Å². The molecule has 1 N–H and O–H groups in total. The molecule has 1 aromatic carbocycles. The number of imide groups is 1. The second-order valence-corrected chi connectivity index (χ2v) is 9.71. The Hall–Kier alpha value is -2.97. The lowest BCUT2D eigenvalue weighted by Crippen LogP contribution is -2.37. The number of benzene rings is 1. The summed E-state index contributed by atoms with van der Waals surface area (Å²) in [7, 11) is 0. The summed E-state index contributed by atoms with van der Waals surface area (Å²) in [6.45, 7) is 0.345. The maximum atomic E-state index is 13.2. The van der Waals surface area contributed by atoms with E-state index in [0.717, 1.165) is 64.5 Å². The van der Waals surface area contributed by atoms with Gasteiger partial charge in [-0.3, -0.25) is 24.3 Å². The molecule has 0 radical (unpaired) electrons. The zero-order valence-corrected chi connectivity index (χ0v) is 18.9. The van der Waals surface area contributed by atoms with Gasteiger partial charge in [0.2, 0.25) is 0 Å². The Bertz CT molecular complexity index is 1250. The molecule has 3 heterocycles. The highest BCUT2D eigenvalue weighted by Gasteiger charge is 2.35. The van der Waals surface area contributed by atoms with Gasteiger partial charge in [-0.05, 0) is 66.6 Å². The minimum Gasteiger partial charge on any atom is -0.350 e. The molecule has 162 valence electrons. The zero-order valence-electron chi connectivity index (χ0n) is 17.3. The highest BCUT2D eigenvalue weighted by atomic mass is 32.2. The number of aromatic nitrogens is 1. The van der Waals surface area contributed by atoms with Crippen molar-refractivity contribution in [2.45, 2.75) is 25.7 Å². The molecule has 1 saturated heterocycles. The molecule has 1 aliphatic heterocycles. The van der Waals surface area contributed by atoms with E-state index in [0.29, 0.717) is 10.5 Å². The van der Waals surface area contributed by atoms with Gasteiger partial charge in [0.1, 0.15) is 0 Å². The van der Waals surface area contributed by atoms with E-state index in [1.807, 2.05) is 41.8 Å². The zero-order chi connectivity index (χ0) is 22.1. The lowest BCUT2D eigenvalue weighted by molar-refractivity contribution is -0.122. The lowest BCUT2D eigenvalue weighted by atomic mass is 9.89. The van der Waals surface area contributed by atoms with Crippen molar-refractivity contribution in [2.75, 3.05) is 13.1 Å². The van der Waals surface area contributed by atoms with Crippen molar-refractivity contribution >= 4 is 57.1 Å². The van der Waals surface area contributed by atoms with Crippen LogP contribution in [0.3, 0.4) is 0 Å². The van der Waals surface area contributed by atoms with Crippen LogP contribution in [0.5, 0.6) is 0 Å². The summed E-state index contributed by atoms with van der Waals surface area (Å²) in [5.74, 6) is -0.489. The molecule has 0 atom stereocenters. The first-order chi connectivity index (χ1) is 15.6. The van der Waals surface area contributed by atoms with Gasteiger partial charge in [0, 0.05) is 29.0 Å². The fourth-order valence-corrected chi connectivity index (χ4v) is 5.78. The van der Waals surface area contributed by atoms with E-state index in [1.54, 1.807) is 6.08 Å². The number of thiophene rings is 1. The van der Waals surface area contributed by atoms with E-state index >= 15 is 0 Å².